The molecule has 0 unspecified atom stereocenters. The molecule has 0 rings (SSSR count). The minimum atomic E-state index is -3.54. The van der Waals surface area contributed by atoms with E-state index in [9.17, 15) is 13.2 Å². The normalized spacial score (nSPS) is 15.7. The molecule has 0 saturated heterocycles. The first-order chi connectivity index (χ1) is 6.85. The van der Waals surface area contributed by atoms with E-state index in [0.717, 1.165) is 6.26 Å². The molecule has 90 valence electrons. The fourth-order valence-corrected chi connectivity index (χ4v) is 2.10. The molecule has 0 aromatic heterocycles. The summed E-state index contributed by atoms with van der Waals surface area (Å²) in [4.78, 5) is 11.3. The third-order valence-electron chi connectivity index (χ3n) is 2.09. The molecule has 0 aliphatic rings. The van der Waals surface area contributed by atoms with Gasteiger partial charge in [0.2, 0.25) is 0 Å². The highest BCUT2D eigenvalue weighted by Crippen LogP contribution is 2.18. The molecule has 5 nitrogen and oxygen atoms in total. The van der Waals surface area contributed by atoms with Crippen LogP contribution in [0.15, 0.2) is 0 Å². The fraction of sp³-hybridized carbons (Fsp3) is 0.889. The molecule has 0 aliphatic carbocycles. The number of methoxy groups -OCH3 is 1. The Labute approximate surface area is 90.9 Å². The van der Waals surface area contributed by atoms with E-state index >= 15 is 0 Å². The van der Waals surface area contributed by atoms with E-state index in [2.05, 4.69) is 4.74 Å². The average Bonchev–Trinajstić information content (AvgIpc) is 2.15. The summed E-state index contributed by atoms with van der Waals surface area (Å²) in [6.07, 6.45) is 1.26. The molecule has 2 atom stereocenters. The first-order valence-electron chi connectivity index (χ1n) is 4.81. The van der Waals surface area contributed by atoms with Crippen LogP contribution in [0.5, 0.6) is 0 Å². The van der Waals surface area contributed by atoms with Crippen LogP contribution in [0.1, 0.15) is 26.7 Å². The molecule has 0 bridgehead atoms. The topological polar surface area (TPSA) is 69.7 Å². The van der Waals surface area contributed by atoms with Crippen molar-refractivity contribution in [2.24, 2.45) is 5.92 Å². The zero-order valence-corrected chi connectivity index (χ0v) is 10.3. The van der Waals surface area contributed by atoms with Gasteiger partial charge in [-0.05, 0) is 12.8 Å². The lowest BCUT2D eigenvalue weighted by Gasteiger charge is -2.21. The molecular weight excluding hydrogens is 220 g/mol. The number of hydrogen-bond acceptors (Lipinski definition) is 5. The lowest BCUT2D eigenvalue weighted by atomic mass is 9.98. The van der Waals surface area contributed by atoms with Gasteiger partial charge in [0.15, 0.2) is 0 Å². The van der Waals surface area contributed by atoms with Crippen molar-refractivity contribution in [3.63, 3.8) is 0 Å². The summed E-state index contributed by atoms with van der Waals surface area (Å²) < 4.78 is 31.3. The van der Waals surface area contributed by atoms with Crippen molar-refractivity contribution in [1.29, 1.82) is 0 Å². The first-order valence-corrected chi connectivity index (χ1v) is 6.63. The lowest BCUT2D eigenvalue weighted by molar-refractivity contribution is -0.148. The summed E-state index contributed by atoms with van der Waals surface area (Å²) in [6.45, 7) is 3.55. The van der Waals surface area contributed by atoms with E-state index in [1.807, 2.05) is 0 Å². The molecule has 0 N–H and O–H groups in total. The predicted octanol–water partition coefficient (Wildman–Crippen LogP) is 0.940. The highest BCUT2D eigenvalue weighted by Gasteiger charge is 2.29. The van der Waals surface area contributed by atoms with Gasteiger partial charge in [-0.15, -0.1) is 0 Å². The van der Waals surface area contributed by atoms with Crippen LogP contribution in [0.4, 0.5) is 0 Å². The minimum Gasteiger partial charge on any atom is -0.469 e. The van der Waals surface area contributed by atoms with Crippen molar-refractivity contribution in [2.75, 3.05) is 13.4 Å². The molecule has 6 heteroatoms. The summed E-state index contributed by atoms with van der Waals surface area (Å²) in [6, 6.07) is 0. The van der Waals surface area contributed by atoms with Gasteiger partial charge < -0.3 is 4.74 Å². The lowest BCUT2D eigenvalue weighted by Crippen LogP contribution is -2.32. The molecular formula is C9H18O5S. The Hall–Kier alpha value is -0.620. The van der Waals surface area contributed by atoms with Gasteiger partial charge >= 0.3 is 5.97 Å². The van der Waals surface area contributed by atoms with Gasteiger partial charge in [-0.3, -0.25) is 8.98 Å². The zero-order valence-electron chi connectivity index (χ0n) is 9.52. The largest absolute Gasteiger partial charge is 0.469 e. The number of carbonyl (C=O) groups is 1. The van der Waals surface area contributed by atoms with Gasteiger partial charge in [0.05, 0.1) is 25.4 Å². The standard InChI is InChI=1S/C9H18O5S/c1-5-7(9(10)13-3)8(6-2)14-15(4,11)12/h7-8H,5-6H2,1-4H3/t7-,8-/m1/s1. The predicted molar refractivity (Wildman–Crippen MR) is 55.8 cm³/mol. The highest BCUT2D eigenvalue weighted by molar-refractivity contribution is 7.86. The van der Waals surface area contributed by atoms with Crippen molar-refractivity contribution in [1.82, 2.24) is 0 Å². The van der Waals surface area contributed by atoms with E-state index in [-0.39, 0.29) is 0 Å². The molecule has 0 aromatic rings. The number of carbonyl (C=O) groups excluding carboxylic acids is 1. The monoisotopic (exact) mass is 238 g/mol. The molecule has 0 fully saturated rings. The van der Waals surface area contributed by atoms with Crippen molar-refractivity contribution in [2.45, 2.75) is 32.8 Å². The second-order valence-corrected chi connectivity index (χ2v) is 4.89. The van der Waals surface area contributed by atoms with Crippen LogP contribution in [0.25, 0.3) is 0 Å². The van der Waals surface area contributed by atoms with Gasteiger partial charge in [-0.25, -0.2) is 0 Å². The van der Waals surface area contributed by atoms with Crippen LogP contribution in [0, 0.1) is 5.92 Å². The Morgan fingerprint density at radius 3 is 2.07 bits per heavy atom. The molecule has 0 aliphatic heterocycles. The van der Waals surface area contributed by atoms with Crippen LogP contribution in [0.2, 0.25) is 0 Å². The quantitative estimate of drug-likeness (QED) is 0.509. The Kier molecular flexibility index (Phi) is 5.82. The minimum absolute atomic E-state index is 0.437. The number of hydrogen-bond donors (Lipinski definition) is 0. The van der Waals surface area contributed by atoms with Crippen molar-refractivity contribution in [3.8, 4) is 0 Å². The Morgan fingerprint density at radius 2 is 1.80 bits per heavy atom. The van der Waals surface area contributed by atoms with Crippen molar-refractivity contribution >= 4 is 16.1 Å². The zero-order chi connectivity index (χ0) is 12.1. The van der Waals surface area contributed by atoms with Crippen LogP contribution < -0.4 is 0 Å². The van der Waals surface area contributed by atoms with E-state index in [1.165, 1.54) is 7.11 Å². The molecule has 0 saturated carbocycles. The highest BCUT2D eigenvalue weighted by atomic mass is 32.2. The third kappa shape index (κ3) is 5.13. The van der Waals surface area contributed by atoms with E-state index < -0.39 is 28.1 Å². The van der Waals surface area contributed by atoms with Crippen LogP contribution in [-0.2, 0) is 23.8 Å². The second kappa shape index (κ2) is 6.07. The molecule has 15 heavy (non-hydrogen) atoms. The summed E-state index contributed by atoms with van der Waals surface area (Å²) in [5.41, 5.74) is 0. The summed E-state index contributed by atoms with van der Waals surface area (Å²) in [7, 11) is -2.26. The molecule has 0 heterocycles. The number of esters is 1. The van der Waals surface area contributed by atoms with Gasteiger partial charge in [0.1, 0.15) is 0 Å². The fourth-order valence-electron chi connectivity index (χ4n) is 1.38. The average molecular weight is 238 g/mol. The molecule has 0 spiro atoms. The Bertz CT molecular complexity index is 296. The smallest absolute Gasteiger partial charge is 0.311 e. The number of rotatable bonds is 6. The number of ether oxygens (including phenoxy) is 1. The Morgan fingerprint density at radius 1 is 1.27 bits per heavy atom. The van der Waals surface area contributed by atoms with Gasteiger partial charge in [-0.1, -0.05) is 13.8 Å². The first kappa shape index (κ1) is 14.4. The Balaban J connectivity index is 4.69. The van der Waals surface area contributed by atoms with Gasteiger partial charge in [0, 0.05) is 0 Å². The van der Waals surface area contributed by atoms with Gasteiger partial charge in [-0.2, -0.15) is 8.42 Å². The maximum Gasteiger partial charge on any atom is 0.311 e. The summed E-state index contributed by atoms with van der Waals surface area (Å²) >= 11 is 0. The molecule has 0 aromatic carbocycles. The summed E-state index contributed by atoms with van der Waals surface area (Å²) in [5, 5.41) is 0. The van der Waals surface area contributed by atoms with E-state index in [4.69, 9.17) is 4.18 Å². The maximum atomic E-state index is 11.3. The summed E-state index contributed by atoms with van der Waals surface area (Å²) in [5.74, 6) is -0.970. The van der Waals surface area contributed by atoms with Crippen molar-refractivity contribution < 1.29 is 22.1 Å². The molecule has 0 radical (unpaired) electrons. The molecule has 0 amide bonds. The van der Waals surface area contributed by atoms with E-state index in [0.29, 0.717) is 12.8 Å². The van der Waals surface area contributed by atoms with Crippen molar-refractivity contribution in [3.05, 3.63) is 0 Å². The van der Waals surface area contributed by atoms with E-state index in [1.54, 1.807) is 13.8 Å². The third-order valence-corrected chi connectivity index (χ3v) is 2.69. The van der Waals surface area contributed by atoms with Crippen LogP contribution in [-0.4, -0.2) is 33.9 Å². The van der Waals surface area contributed by atoms with Crippen LogP contribution in [0.3, 0.4) is 0 Å². The SMILES string of the molecule is CC[C@@H](OS(C)(=O)=O)[C@@H](CC)C(=O)OC. The van der Waals surface area contributed by atoms with Crippen LogP contribution >= 0.6 is 0 Å². The van der Waals surface area contributed by atoms with Gasteiger partial charge in [0.25, 0.3) is 10.1 Å². The maximum absolute atomic E-state index is 11.3. The second-order valence-electron chi connectivity index (χ2n) is 3.28.